The Morgan fingerprint density at radius 1 is 1.16 bits per heavy atom. The summed E-state index contributed by atoms with van der Waals surface area (Å²) >= 11 is 0. The number of anilines is 1. The monoisotopic (exact) mass is 425 g/mol. The van der Waals surface area contributed by atoms with Crippen molar-refractivity contribution in [2.45, 2.75) is 46.1 Å². The van der Waals surface area contributed by atoms with Gasteiger partial charge in [-0.25, -0.2) is 4.98 Å². The van der Waals surface area contributed by atoms with Gasteiger partial charge in [0, 0.05) is 46.5 Å². The first-order valence-electron chi connectivity index (χ1n) is 11.0. The number of morpholine rings is 1. The van der Waals surface area contributed by atoms with E-state index in [0.717, 1.165) is 42.7 Å². The molecule has 1 fully saturated rings. The summed E-state index contributed by atoms with van der Waals surface area (Å²) in [6.07, 6.45) is 2.38. The van der Waals surface area contributed by atoms with Crippen molar-refractivity contribution in [1.82, 2.24) is 15.2 Å². The minimum Gasteiger partial charge on any atom is -0.494 e. The van der Waals surface area contributed by atoms with Crippen LogP contribution >= 0.6 is 0 Å². The number of aromatic nitrogens is 1. The molecular formula is C24H35N5O2. The van der Waals surface area contributed by atoms with Crippen LogP contribution in [-0.2, 0) is 17.8 Å². The lowest BCUT2D eigenvalue weighted by Crippen LogP contribution is -2.45. The van der Waals surface area contributed by atoms with E-state index in [1.165, 1.54) is 5.56 Å². The maximum absolute atomic E-state index is 5.82. The first kappa shape index (κ1) is 22.9. The number of nitrogens with one attached hydrogen (secondary N) is 1. The first-order valence-corrected chi connectivity index (χ1v) is 11.0. The average molecular weight is 426 g/mol. The van der Waals surface area contributed by atoms with E-state index in [9.17, 15) is 0 Å². The van der Waals surface area contributed by atoms with Crippen molar-refractivity contribution in [3.8, 4) is 5.75 Å². The summed E-state index contributed by atoms with van der Waals surface area (Å²) in [6, 6.07) is 12.4. The number of hydrogen-bond acceptors (Lipinski definition) is 5. The summed E-state index contributed by atoms with van der Waals surface area (Å²) in [5.41, 5.74) is 2.32. The number of guanidine groups is 1. The molecular weight excluding hydrogens is 390 g/mol. The molecule has 2 aromatic rings. The molecule has 1 saturated heterocycles. The summed E-state index contributed by atoms with van der Waals surface area (Å²) in [7, 11) is 3.84. The molecule has 168 valence electrons. The van der Waals surface area contributed by atoms with Crippen LogP contribution < -0.4 is 15.0 Å². The predicted octanol–water partition coefficient (Wildman–Crippen LogP) is 3.30. The third-order valence-electron chi connectivity index (χ3n) is 5.23. The Morgan fingerprint density at radius 3 is 2.42 bits per heavy atom. The molecule has 0 amide bonds. The summed E-state index contributed by atoms with van der Waals surface area (Å²) in [5, 5.41) is 3.43. The molecule has 1 N–H and O–H groups in total. The maximum Gasteiger partial charge on any atom is 0.193 e. The van der Waals surface area contributed by atoms with Gasteiger partial charge in [-0.2, -0.15) is 0 Å². The number of benzene rings is 1. The van der Waals surface area contributed by atoms with Crippen molar-refractivity contribution in [2.75, 3.05) is 38.7 Å². The van der Waals surface area contributed by atoms with Crippen LogP contribution in [0, 0.1) is 0 Å². The van der Waals surface area contributed by atoms with Gasteiger partial charge in [-0.3, -0.25) is 4.99 Å². The van der Waals surface area contributed by atoms with Gasteiger partial charge in [-0.05, 0) is 50.1 Å². The van der Waals surface area contributed by atoms with Crippen molar-refractivity contribution in [2.24, 2.45) is 4.99 Å². The molecule has 0 aliphatic carbocycles. The molecule has 1 aromatic heterocycles. The van der Waals surface area contributed by atoms with Gasteiger partial charge in [0.25, 0.3) is 0 Å². The summed E-state index contributed by atoms with van der Waals surface area (Å²) in [6.45, 7) is 10.1. The molecule has 0 radical (unpaired) electrons. The molecule has 7 nitrogen and oxygen atoms in total. The Kier molecular flexibility index (Phi) is 8.12. The zero-order chi connectivity index (χ0) is 22.2. The van der Waals surface area contributed by atoms with Gasteiger partial charge in [0.15, 0.2) is 5.96 Å². The Morgan fingerprint density at radius 2 is 1.84 bits per heavy atom. The fourth-order valence-electron chi connectivity index (χ4n) is 3.85. The highest BCUT2D eigenvalue weighted by molar-refractivity contribution is 5.79. The zero-order valence-electron chi connectivity index (χ0n) is 19.3. The van der Waals surface area contributed by atoms with Gasteiger partial charge in [-0.15, -0.1) is 0 Å². The molecule has 3 rings (SSSR count). The van der Waals surface area contributed by atoms with Crippen molar-refractivity contribution in [1.29, 1.82) is 0 Å². The predicted molar refractivity (Wildman–Crippen MR) is 126 cm³/mol. The van der Waals surface area contributed by atoms with Crippen LogP contribution in [-0.4, -0.2) is 61.8 Å². The number of ether oxygens (including phenoxy) is 2. The van der Waals surface area contributed by atoms with Crippen LogP contribution in [0.3, 0.4) is 0 Å². The number of rotatable bonds is 7. The molecule has 31 heavy (non-hydrogen) atoms. The van der Waals surface area contributed by atoms with E-state index in [2.05, 4.69) is 63.2 Å². The van der Waals surface area contributed by atoms with Gasteiger partial charge in [-0.1, -0.05) is 18.2 Å². The van der Waals surface area contributed by atoms with Crippen LogP contribution in [0.15, 0.2) is 47.6 Å². The van der Waals surface area contributed by atoms with Crippen molar-refractivity contribution < 1.29 is 9.47 Å². The Balaban J connectivity index is 1.52. The smallest absolute Gasteiger partial charge is 0.193 e. The fourth-order valence-corrected chi connectivity index (χ4v) is 3.85. The lowest BCUT2D eigenvalue weighted by atomic mass is 10.2. The number of nitrogens with zero attached hydrogens (tertiary/aromatic N) is 4. The van der Waals surface area contributed by atoms with Gasteiger partial charge >= 0.3 is 0 Å². The Bertz CT molecular complexity index is 828. The SMILES string of the molecule is CCOc1ccc(CN(C)C(=NC)NCc2ccc(N3CC(C)OC(C)C3)nc2)cc1. The molecule has 0 spiro atoms. The quantitative estimate of drug-likeness (QED) is 0.543. The van der Waals surface area contributed by atoms with Gasteiger partial charge in [0.2, 0.25) is 0 Å². The highest BCUT2D eigenvalue weighted by atomic mass is 16.5. The van der Waals surface area contributed by atoms with Gasteiger partial charge in [0.05, 0.1) is 18.8 Å². The van der Waals surface area contributed by atoms with E-state index in [1.54, 1.807) is 7.05 Å². The van der Waals surface area contributed by atoms with E-state index < -0.39 is 0 Å². The van der Waals surface area contributed by atoms with Crippen LogP contribution in [0.4, 0.5) is 5.82 Å². The van der Waals surface area contributed by atoms with Crippen LogP contribution in [0.5, 0.6) is 5.75 Å². The maximum atomic E-state index is 5.82. The molecule has 1 aromatic carbocycles. The number of hydrogen-bond donors (Lipinski definition) is 1. The Labute approximate surface area is 186 Å². The highest BCUT2D eigenvalue weighted by Gasteiger charge is 2.23. The molecule has 1 aliphatic rings. The molecule has 2 atom stereocenters. The van der Waals surface area contributed by atoms with Crippen molar-refractivity contribution >= 4 is 11.8 Å². The topological polar surface area (TPSA) is 62.2 Å². The lowest BCUT2D eigenvalue weighted by molar-refractivity contribution is -0.00545. The number of pyridine rings is 1. The second-order valence-electron chi connectivity index (χ2n) is 8.02. The normalized spacial score (nSPS) is 19.3. The zero-order valence-corrected chi connectivity index (χ0v) is 19.3. The lowest BCUT2D eigenvalue weighted by Gasteiger charge is -2.36. The summed E-state index contributed by atoms with van der Waals surface area (Å²) < 4.78 is 11.3. The van der Waals surface area contributed by atoms with E-state index in [0.29, 0.717) is 13.2 Å². The third-order valence-corrected chi connectivity index (χ3v) is 5.23. The molecule has 1 aliphatic heterocycles. The van der Waals surface area contributed by atoms with Crippen LogP contribution in [0.25, 0.3) is 0 Å². The van der Waals surface area contributed by atoms with E-state index in [1.807, 2.05) is 32.3 Å². The Hall–Kier alpha value is -2.80. The molecule has 0 bridgehead atoms. The summed E-state index contributed by atoms with van der Waals surface area (Å²) in [4.78, 5) is 13.5. The third kappa shape index (κ3) is 6.59. The highest BCUT2D eigenvalue weighted by Crippen LogP contribution is 2.18. The molecule has 0 saturated carbocycles. The second-order valence-corrected chi connectivity index (χ2v) is 8.02. The van der Waals surface area contributed by atoms with Crippen LogP contribution in [0.2, 0.25) is 0 Å². The van der Waals surface area contributed by atoms with E-state index in [-0.39, 0.29) is 12.2 Å². The van der Waals surface area contributed by atoms with Crippen molar-refractivity contribution in [3.63, 3.8) is 0 Å². The largest absolute Gasteiger partial charge is 0.494 e. The van der Waals surface area contributed by atoms with E-state index in [4.69, 9.17) is 9.47 Å². The second kappa shape index (κ2) is 11.0. The minimum atomic E-state index is 0.223. The van der Waals surface area contributed by atoms with Crippen molar-refractivity contribution in [3.05, 3.63) is 53.7 Å². The summed E-state index contributed by atoms with van der Waals surface area (Å²) in [5.74, 6) is 2.74. The van der Waals surface area contributed by atoms with Gasteiger partial charge < -0.3 is 24.6 Å². The average Bonchev–Trinajstić information content (AvgIpc) is 2.75. The molecule has 2 unspecified atom stereocenters. The van der Waals surface area contributed by atoms with E-state index >= 15 is 0 Å². The van der Waals surface area contributed by atoms with Crippen LogP contribution in [0.1, 0.15) is 31.9 Å². The first-order chi connectivity index (χ1) is 15.0. The fraction of sp³-hybridized carbons (Fsp3) is 0.500. The molecule has 2 heterocycles. The minimum absolute atomic E-state index is 0.223. The molecule has 7 heteroatoms. The number of aliphatic imine (C=N–C) groups is 1. The van der Waals surface area contributed by atoms with Gasteiger partial charge in [0.1, 0.15) is 11.6 Å². The standard InChI is InChI=1S/C24H35N5O2/c1-6-30-22-10-7-20(8-11-22)17-28(5)24(25-4)27-14-21-9-12-23(26-13-21)29-15-18(2)31-19(3)16-29/h7-13,18-19H,6,14-17H2,1-5H3,(H,25,27).